The zero-order valence-corrected chi connectivity index (χ0v) is 17.4. The first-order valence-electron chi connectivity index (χ1n) is 9.50. The van der Waals surface area contributed by atoms with E-state index >= 15 is 0 Å². The number of anilines is 1. The summed E-state index contributed by atoms with van der Waals surface area (Å²) < 4.78 is 1.04. The molecule has 28 heavy (non-hydrogen) atoms. The van der Waals surface area contributed by atoms with Crippen LogP contribution >= 0.6 is 15.9 Å². The molecule has 0 saturated carbocycles. The van der Waals surface area contributed by atoms with Crippen LogP contribution in [-0.2, 0) is 6.54 Å². The molecule has 4 rings (SSSR count). The average Bonchev–Trinajstić information content (AvgIpc) is 2.71. The SMILES string of the molecule is CC(=O)c1ccc(N2CCN(Cc3c(O)ccc4cc(Br)ccc34)CC2)cc1. The van der Waals surface area contributed by atoms with Crippen molar-refractivity contribution in [2.45, 2.75) is 13.5 Å². The number of halogens is 1. The number of carbonyl (C=O) groups excluding carboxylic acids is 1. The Morgan fingerprint density at radius 3 is 2.39 bits per heavy atom. The largest absolute Gasteiger partial charge is 0.508 e. The predicted octanol–water partition coefficient (Wildman–Crippen LogP) is 4.83. The number of piperazine rings is 1. The van der Waals surface area contributed by atoms with Crippen LogP contribution in [0.15, 0.2) is 59.1 Å². The molecule has 4 nitrogen and oxygen atoms in total. The average molecular weight is 439 g/mol. The number of fused-ring (bicyclic) bond motifs is 1. The van der Waals surface area contributed by atoms with Crippen molar-refractivity contribution < 1.29 is 9.90 Å². The van der Waals surface area contributed by atoms with Gasteiger partial charge in [-0.05, 0) is 60.2 Å². The maximum atomic E-state index is 11.4. The maximum Gasteiger partial charge on any atom is 0.159 e. The smallest absolute Gasteiger partial charge is 0.159 e. The second kappa shape index (κ2) is 7.94. The molecule has 0 unspecified atom stereocenters. The lowest BCUT2D eigenvalue weighted by molar-refractivity contribution is 0.101. The first kappa shape index (κ1) is 19.0. The van der Waals surface area contributed by atoms with E-state index in [0.29, 0.717) is 5.75 Å². The number of hydrogen-bond donors (Lipinski definition) is 1. The minimum atomic E-state index is 0.0956. The van der Waals surface area contributed by atoms with Gasteiger partial charge in [0.1, 0.15) is 5.75 Å². The summed E-state index contributed by atoms with van der Waals surface area (Å²) >= 11 is 3.52. The summed E-state index contributed by atoms with van der Waals surface area (Å²) in [5.74, 6) is 0.454. The highest BCUT2D eigenvalue weighted by atomic mass is 79.9. The highest BCUT2D eigenvalue weighted by Crippen LogP contribution is 2.31. The van der Waals surface area contributed by atoms with Gasteiger partial charge in [0.15, 0.2) is 5.78 Å². The molecule has 0 aromatic heterocycles. The van der Waals surface area contributed by atoms with E-state index in [1.54, 1.807) is 13.0 Å². The van der Waals surface area contributed by atoms with Gasteiger partial charge >= 0.3 is 0 Å². The number of ketones is 1. The Morgan fingerprint density at radius 1 is 1.00 bits per heavy atom. The first-order chi connectivity index (χ1) is 13.5. The van der Waals surface area contributed by atoms with Gasteiger partial charge in [-0.2, -0.15) is 0 Å². The third-order valence-corrected chi connectivity index (χ3v) is 5.95. The summed E-state index contributed by atoms with van der Waals surface area (Å²) in [5.41, 5.74) is 2.90. The fourth-order valence-electron chi connectivity index (χ4n) is 3.81. The Labute approximate surface area is 173 Å². The summed E-state index contributed by atoms with van der Waals surface area (Å²) in [5, 5.41) is 12.7. The van der Waals surface area contributed by atoms with E-state index in [9.17, 15) is 9.90 Å². The van der Waals surface area contributed by atoms with Crippen molar-refractivity contribution >= 4 is 38.2 Å². The molecule has 1 aliphatic rings. The lowest BCUT2D eigenvalue weighted by atomic mass is 10.0. The molecular formula is C23H23BrN2O2. The molecule has 1 saturated heterocycles. The van der Waals surface area contributed by atoms with Crippen molar-refractivity contribution in [1.82, 2.24) is 4.90 Å². The zero-order chi connectivity index (χ0) is 19.7. The van der Waals surface area contributed by atoms with Gasteiger partial charge in [0, 0.05) is 54.0 Å². The number of rotatable bonds is 4. The first-order valence-corrected chi connectivity index (χ1v) is 10.3. The molecule has 0 bridgehead atoms. The van der Waals surface area contributed by atoms with Crippen LogP contribution in [0, 0.1) is 0 Å². The van der Waals surface area contributed by atoms with E-state index < -0.39 is 0 Å². The standard InChI is InChI=1S/C23H23BrN2O2/c1-16(27)17-2-6-20(7-3-17)26-12-10-25(11-13-26)15-22-21-8-5-19(24)14-18(21)4-9-23(22)28/h2-9,14,28H,10-13,15H2,1H3. The van der Waals surface area contributed by atoms with E-state index in [-0.39, 0.29) is 5.78 Å². The molecule has 1 aliphatic heterocycles. The molecular weight excluding hydrogens is 416 g/mol. The van der Waals surface area contributed by atoms with E-state index in [4.69, 9.17) is 0 Å². The Hall–Kier alpha value is -2.37. The van der Waals surface area contributed by atoms with E-state index in [1.165, 1.54) is 0 Å². The normalized spacial score (nSPS) is 15.1. The maximum absolute atomic E-state index is 11.4. The monoisotopic (exact) mass is 438 g/mol. The number of benzene rings is 3. The van der Waals surface area contributed by atoms with Gasteiger partial charge in [0.25, 0.3) is 0 Å². The number of phenols is 1. The second-order valence-corrected chi connectivity index (χ2v) is 8.21. The van der Waals surface area contributed by atoms with E-state index in [0.717, 1.165) is 64.8 Å². The van der Waals surface area contributed by atoms with Gasteiger partial charge in [-0.3, -0.25) is 9.69 Å². The molecule has 5 heteroatoms. The van der Waals surface area contributed by atoms with E-state index in [1.807, 2.05) is 36.4 Å². The predicted molar refractivity (Wildman–Crippen MR) is 117 cm³/mol. The quantitative estimate of drug-likeness (QED) is 0.592. The van der Waals surface area contributed by atoms with Gasteiger partial charge in [-0.1, -0.05) is 28.1 Å². The third kappa shape index (κ3) is 3.91. The van der Waals surface area contributed by atoms with Crippen molar-refractivity contribution in [3.8, 4) is 5.75 Å². The van der Waals surface area contributed by atoms with Crippen molar-refractivity contribution in [2.75, 3.05) is 31.1 Å². The fourth-order valence-corrected chi connectivity index (χ4v) is 4.19. The Bertz CT molecular complexity index is 1010. The van der Waals surface area contributed by atoms with Crippen LogP contribution in [0.25, 0.3) is 10.8 Å². The number of aromatic hydroxyl groups is 1. The number of phenolic OH excluding ortho intramolecular Hbond substituents is 1. The lowest BCUT2D eigenvalue weighted by Crippen LogP contribution is -2.46. The molecule has 3 aromatic carbocycles. The molecule has 1 heterocycles. The van der Waals surface area contributed by atoms with Crippen molar-refractivity contribution in [3.05, 3.63) is 70.2 Å². The van der Waals surface area contributed by atoms with Crippen LogP contribution in [0.2, 0.25) is 0 Å². The van der Waals surface area contributed by atoms with Crippen LogP contribution < -0.4 is 4.90 Å². The number of nitrogens with zero attached hydrogens (tertiary/aromatic N) is 2. The Balaban J connectivity index is 1.45. The molecule has 1 N–H and O–H groups in total. The topological polar surface area (TPSA) is 43.8 Å². The lowest BCUT2D eigenvalue weighted by Gasteiger charge is -2.36. The van der Waals surface area contributed by atoms with Crippen LogP contribution in [0.3, 0.4) is 0 Å². The minimum Gasteiger partial charge on any atom is -0.508 e. The molecule has 144 valence electrons. The Kier molecular flexibility index (Phi) is 5.38. The van der Waals surface area contributed by atoms with Crippen LogP contribution in [0.5, 0.6) is 5.75 Å². The number of carbonyl (C=O) groups is 1. The number of Topliss-reactive ketones (excluding diaryl/α,β-unsaturated/α-hetero) is 1. The molecule has 0 aliphatic carbocycles. The minimum absolute atomic E-state index is 0.0956. The van der Waals surface area contributed by atoms with Gasteiger partial charge in [0.05, 0.1) is 0 Å². The van der Waals surface area contributed by atoms with E-state index in [2.05, 4.69) is 37.9 Å². The van der Waals surface area contributed by atoms with Crippen molar-refractivity contribution in [3.63, 3.8) is 0 Å². The molecule has 1 fully saturated rings. The van der Waals surface area contributed by atoms with Gasteiger partial charge < -0.3 is 10.0 Å². The Morgan fingerprint density at radius 2 is 1.71 bits per heavy atom. The molecule has 0 amide bonds. The fraction of sp³-hybridized carbons (Fsp3) is 0.261. The second-order valence-electron chi connectivity index (χ2n) is 7.29. The van der Waals surface area contributed by atoms with Crippen molar-refractivity contribution in [2.24, 2.45) is 0 Å². The van der Waals surface area contributed by atoms with Gasteiger partial charge in [-0.25, -0.2) is 0 Å². The summed E-state index contributed by atoms with van der Waals surface area (Å²) in [6.07, 6.45) is 0. The summed E-state index contributed by atoms with van der Waals surface area (Å²) in [4.78, 5) is 16.2. The van der Waals surface area contributed by atoms with Crippen LogP contribution in [-0.4, -0.2) is 42.0 Å². The molecule has 0 radical (unpaired) electrons. The highest BCUT2D eigenvalue weighted by molar-refractivity contribution is 9.10. The summed E-state index contributed by atoms with van der Waals surface area (Å²) in [6, 6.07) is 17.8. The summed E-state index contributed by atoms with van der Waals surface area (Å²) in [6.45, 7) is 6.05. The van der Waals surface area contributed by atoms with Gasteiger partial charge in [0.2, 0.25) is 0 Å². The molecule has 0 atom stereocenters. The highest BCUT2D eigenvalue weighted by Gasteiger charge is 2.19. The molecule has 3 aromatic rings. The molecule has 0 spiro atoms. The zero-order valence-electron chi connectivity index (χ0n) is 15.9. The van der Waals surface area contributed by atoms with Crippen LogP contribution in [0.1, 0.15) is 22.8 Å². The summed E-state index contributed by atoms with van der Waals surface area (Å²) in [7, 11) is 0. The van der Waals surface area contributed by atoms with Crippen molar-refractivity contribution in [1.29, 1.82) is 0 Å². The van der Waals surface area contributed by atoms with Crippen LogP contribution in [0.4, 0.5) is 5.69 Å². The number of hydrogen-bond acceptors (Lipinski definition) is 4. The third-order valence-electron chi connectivity index (χ3n) is 5.46. The van der Waals surface area contributed by atoms with Gasteiger partial charge in [-0.15, -0.1) is 0 Å².